The van der Waals surface area contributed by atoms with Gasteiger partial charge >= 0.3 is 0 Å². The fourth-order valence-corrected chi connectivity index (χ4v) is 3.70. The Morgan fingerprint density at radius 1 is 1.11 bits per heavy atom. The van der Waals surface area contributed by atoms with Crippen molar-refractivity contribution in [2.45, 2.75) is 89.8 Å². The predicted molar refractivity (Wildman–Crippen MR) is 79.0 cm³/mol. The molecule has 0 amide bonds. The summed E-state index contributed by atoms with van der Waals surface area (Å²) in [6, 6.07) is 1.64. The van der Waals surface area contributed by atoms with Gasteiger partial charge in [-0.2, -0.15) is 0 Å². The molecule has 18 heavy (non-hydrogen) atoms. The van der Waals surface area contributed by atoms with Gasteiger partial charge in [-0.1, -0.05) is 39.5 Å². The summed E-state index contributed by atoms with van der Waals surface area (Å²) in [7, 11) is 0. The molecule has 1 aliphatic carbocycles. The van der Waals surface area contributed by atoms with Gasteiger partial charge in [0.05, 0.1) is 0 Å². The van der Waals surface area contributed by atoms with Crippen LogP contribution < -0.4 is 5.32 Å². The van der Waals surface area contributed by atoms with Gasteiger partial charge in [-0.25, -0.2) is 0 Å². The molecule has 1 heterocycles. The second-order valence-electron chi connectivity index (χ2n) is 6.67. The maximum Gasteiger partial charge on any atom is 0.0278 e. The summed E-state index contributed by atoms with van der Waals surface area (Å²) in [5, 5.41) is 3.79. The largest absolute Gasteiger partial charge is 0.309 e. The molecule has 0 aromatic rings. The van der Waals surface area contributed by atoms with Crippen LogP contribution in [0.2, 0.25) is 0 Å². The first kappa shape index (κ1) is 14.3. The third kappa shape index (κ3) is 3.27. The second-order valence-corrected chi connectivity index (χ2v) is 6.67. The summed E-state index contributed by atoms with van der Waals surface area (Å²) in [4.78, 5) is 2.87. The van der Waals surface area contributed by atoms with Crippen LogP contribution in [-0.2, 0) is 0 Å². The molecule has 106 valence electrons. The van der Waals surface area contributed by atoms with Crippen molar-refractivity contribution in [2.24, 2.45) is 0 Å². The van der Waals surface area contributed by atoms with E-state index in [0.29, 0.717) is 5.54 Å². The van der Waals surface area contributed by atoms with Crippen molar-refractivity contribution in [3.8, 4) is 0 Å². The van der Waals surface area contributed by atoms with E-state index in [4.69, 9.17) is 0 Å². The summed E-state index contributed by atoms with van der Waals surface area (Å²) in [5.74, 6) is 0. The van der Waals surface area contributed by atoms with Gasteiger partial charge in [0.15, 0.2) is 0 Å². The molecule has 2 aliphatic rings. The van der Waals surface area contributed by atoms with E-state index in [1.54, 1.807) is 0 Å². The van der Waals surface area contributed by atoms with Crippen molar-refractivity contribution in [1.82, 2.24) is 10.2 Å². The molecule has 2 rings (SSSR count). The van der Waals surface area contributed by atoms with Crippen molar-refractivity contribution in [1.29, 1.82) is 0 Å². The van der Waals surface area contributed by atoms with E-state index in [2.05, 4.69) is 31.0 Å². The van der Waals surface area contributed by atoms with E-state index in [9.17, 15) is 0 Å². The van der Waals surface area contributed by atoms with Crippen molar-refractivity contribution in [2.75, 3.05) is 13.1 Å². The Kier molecular flexibility index (Phi) is 5.08. The Morgan fingerprint density at radius 2 is 1.78 bits per heavy atom. The second kappa shape index (κ2) is 6.38. The molecule has 0 radical (unpaired) electrons. The zero-order chi connectivity index (χ0) is 13.0. The van der Waals surface area contributed by atoms with Crippen LogP contribution in [0, 0.1) is 0 Å². The summed E-state index contributed by atoms with van der Waals surface area (Å²) in [6.45, 7) is 9.53. The van der Waals surface area contributed by atoms with Crippen molar-refractivity contribution < 1.29 is 0 Å². The number of piperazine rings is 1. The van der Waals surface area contributed by atoms with Gasteiger partial charge in [0, 0.05) is 30.7 Å². The molecule has 2 heteroatoms. The Morgan fingerprint density at radius 3 is 2.33 bits per heavy atom. The first-order valence-corrected chi connectivity index (χ1v) is 8.19. The lowest BCUT2D eigenvalue weighted by Gasteiger charge is -2.49. The summed E-state index contributed by atoms with van der Waals surface area (Å²) in [6.07, 6.45) is 11.2. The molecule has 2 atom stereocenters. The zero-order valence-corrected chi connectivity index (χ0v) is 12.7. The minimum Gasteiger partial charge on any atom is -0.309 e. The van der Waals surface area contributed by atoms with Crippen LogP contribution in [0.4, 0.5) is 0 Å². The summed E-state index contributed by atoms with van der Waals surface area (Å²) in [5.41, 5.74) is 0.345. The van der Waals surface area contributed by atoms with Gasteiger partial charge in [0.1, 0.15) is 0 Å². The quantitative estimate of drug-likeness (QED) is 0.773. The molecule has 1 saturated carbocycles. The summed E-state index contributed by atoms with van der Waals surface area (Å²) >= 11 is 0. The van der Waals surface area contributed by atoms with E-state index >= 15 is 0 Å². The molecule has 0 aromatic carbocycles. The standard InChI is InChI=1S/C16H32N2/c1-4-14-12-17-16(3,5-2)13-18(14)15-10-8-6-7-9-11-15/h14-15,17H,4-13H2,1-3H3. The monoisotopic (exact) mass is 252 g/mol. The lowest BCUT2D eigenvalue weighted by molar-refractivity contribution is 0.0377. The lowest BCUT2D eigenvalue weighted by atomic mass is 9.90. The van der Waals surface area contributed by atoms with Crippen LogP contribution in [0.3, 0.4) is 0 Å². The van der Waals surface area contributed by atoms with Crippen LogP contribution in [0.25, 0.3) is 0 Å². The van der Waals surface area contributed by atoms with Crippen molar-refractivity contribution in [3.05, 3.63) is 0 Å². The van der Waals surface area contributed by atoms with Crippen LogP contribution in [0.5, 0.6) is 0 Å². The van der Waals surface area contributed by atoms with Gasteiger partial charge in [-0.15, -0.1) is 0 Å². The molecule has 0 aromatic heterocycles. The SMILES string of the molecule is CCC1CNC(C)(CC)CN1C1CCCCCC1. The number of hydrogen-bond acceptors (Lipinski definition) is 2. The normalized spacial score (nSPS) is 36.5. The lowest BCUT2D eigenvalue weighted by Crippen LogP contribution is -2.64. The van der Waals surface area contributed by atoms with Crippen molar-refractivity contribution >= 4 is 0 Å². The van der Waals surface area contributed by atoms with Gasteiger partial charge in [0.2, 0.25) is 0 Å². The molecular weight excluding hydrogens is 220 g/mol. The highest BCUT2D eigenvalue weighted by Crippen LogP contribution is 2.29. The smallest absolute Gasteiger partial charge is 0.0278 e. The van der Waals surface area contributed by atoms with Gasteiger partial charge < -0.3 is 5.32 Å². The van der Waals surface area contributed by atoms with Gasteiger partial charge in [0.25, 0.3) is 0 Å². The minimum atomic E-state index is 0.345. The van der Waals surface area contributed by atoms with E-state index in [1.165, 1.54) is 64.5 Å². The average Bonchev–Trinajstić information content (AvgIpc) is 2.67. The van der Waals surface area contributed by atoms with E-state index in [1.807, 2.05) is 0 Å². The summed E-state index contributed by atoms with van der Waals surface area (Å²) < 4.78 is 0. The molecule has 2 fully saturated rings. The third-order valence-corrected chi connectivity index (χ3v) is 5.31. The molecule has 0 spiro atoms. The maximum atomic E-state index is 3.79. The highest BCUT2D eigenvalue weighted by molar-refractivity contribution is 4.96. The number of nitrogens with one attached hydrogen (secondary N) is 1. The Hall–Kier alpha value is -0.0800. The van der Waals surface area contributed by atoms with Gasteiger partial charge in [-0.05, 0) is 32.6 Å². The highest BCUT2D eigenvalue weighted by Gasteiger charge is 2.37. The first-order valence-electron chi connectivity index (χ1n) is 8.19. The van der Waals surface area contributed by atoms with Gasteiger partial charge in [-0.3, -0.25) is 4.90 Å². The maximum absolute atomic E-state index is 3.79. The number of rotatable bonds is 3. The molecule has 1 aliphatic heterocycles. The Labute approximate surface area is 114 Å². The number of nitrogens with zero attached hydrogens (tertiary/aromatic N) is 1. The molecule has 0 bridgehead atoms. The van der Waals surface area contributed by atoms with Crippen LogP contribution in [0.1, 0.15) is 72.1 Å². The van der Waals surface area contributed by atoms with Crippen LogP contribution in [0.15, 0.2) is 0 Å². The average molecular weight is 252 g/mol. The van der Waals surface area contributed by atoms with E-state index in [0.717, 1.165) is 12.1 Å². The zero-order valence-electron chi connectivity index (χ0n) is 12.7. The highest BCUT2D eigenvalue weighted by atomic mass is 15.3. The molecule has 2 nitrogen and oxygen atoms in total. The molecular formula is C16H32N2. The Balaban J connectivity index is 2.04. The van der Waals surface area contributed by atoms with Crippen LogP contribution >= 0.6 is 0 Å². The number of hydrogen-bond donors (Lipinski definition) is 1. The topological polar surface area (TPSA) is 15.3 Å². The van der Waals surface area contributed by atoms with E-state index in [-0.39, 0.29) is 0 Å². The third-order valence-electron chi connectivity index (χ3n) is 5.31. The molecule has 1 saturated heterocycles. The first-order chi connectivity index (χ1) is 8.68. The van der Waals surface area contributed by atoms with Crippen molar-refractivity contribution in [3.63, 3.8) is 0 Å². The van der Waals surface area contributed by atoms with E-state index < -0.39 is 0 Å². The predicted octanol–water partition coefficient (Wildman–Crippen LogP) is 3.56. The fraction of sp³-hybridized carbons (Fsp3) is 1.00. The minimum absolute atomic E-state index is 0.345. The Bertz CT molecular complexity index is 245. The molecule has 2 unspecified atom stereocenters. The fourth-order valence-electron chi connectivity index (χ4n) is 3.70. The van der Waals surface area contributed by atoms with Crippen LogP contribution in [-0.4, -0.2) is 35.6 Å². The molecule has 1 N–H and O–H groups in total.